The fourth-order valence-electron chi connectivity index (χ4n) is 4.11. The topological polar surface area (TPSA) is 50.3 Å². The maximum absolute atomic E-state index is 13.0. The Hall–Kier alpha value is -1.27. The lowest BCUT2D eigenvalue weighted by atomic mass is 9.75. The van der Waals surface area contributed by atoms with Crippen molar-refractivity contribution in [1.29, 1.82) is 0 Å². The van der Waals surface area contributed by atoms with E-state index < -0.39 is 5.82 Å². The smallest absolute Gasteiger partial charge is 0.225 e. The van der Waals surface area contributed by atoms with Gasteiger partial charge < -0.3 is 15.0 Å². The van der Waals surface area contributed by atoms with Crippen molar-refractivity contribution in [3.05, 3.63) is 18.2 Å². The van der Waals surface area contributed by atoms with Crippen molar-refractivity contribution in [1.82, 2.24) is 15.3 Å². The number of rotatable bonds is 4. The Bertz CT molecular complexity index is 498. The van der Waals surface area contributed by atoms with Crippen LogP contribution in [0.15, 0.2) is 12.4 Å². The fourth-order valence-corrected chi connectivity index (χ4v) is 4.11. The summed E-state index contributed by atoms with van der Waals surface area (Å²) in [6.45, 7) is 5.06. The summed E-state index contributed by atoms with van der Waals surface area (Å²) in [5.41, 5.74) is 0. The van der Waals surface area contributed by atoms with Crippen LogP contribution in [0, 0.1) is 17.7 Å². The maximum Gasteiger partial charge on any atom is 0.225 e. The number of methoxy groups -OCH3 is 1. The number of hydrogen-bond acceptors (Lipinski definition) is 5. The zero-order valence-corrected chi connectivity index (χ0v) is 14.0. The molecule has 0 saturated carbocycles. The summed E-state index contributed by atoms with van der Waals surface area (Å²) in [5.74, 6) is 1.52. The molecule has 0 bridgehead atoms. The minimum atomic E-state index is -0.396. The minimum Gasteiger partial charge on any atom is -0.379 e. The van der Waals surface area contributed by atoms with E-state index in [-0.39, 0.29) is 6.10 Å². The molecule has 1 aromatic heterocycles. The monoisotopic (exact) mass is 322 g/mol. The number of piperidine rings is 2. The Morgan fingerprint density at radius 3 is 2.83 bits per heavy atom. The average molecular weight is 322 g/mol. The highest BCUT2D eigenvalue weighted by molar-refractivity contribution is 5.30. The van der Waals surface area contributed by atoms with Gasteiger partial charge in [0.15, 0.2) is 5.82 Å². The van der Waals surface area contributed by atoms with Crippen LogP contribution in [0.3, 0.4) is 0 Å². The quantitative estimate of drug-likeness (QED) is 0.921. The lowest BCUT2D eigenvalue weighted by Crippen LogP contribution is -2.50. The summed E-state index contributed by atoms with van der Waals surface area (Å²) >= 11 is 0. The first-order valence-corrected chi connectivity index (χ1v) is 8.70. The van der Waals surface area contributed by atoms with Gasteiger partial charge in [-0.2, -0.15) is 0 Å². The van der Waals surface area contributed by atoms with Crippen LogP contribution in [0.25, 0.3) is 0 Å². The first-order valence-electron chi connectivity index (χ1n) is 8.70. The van der Waals surface area contributed by atoms with Crippen molar-refractivity contribution >= 4 is 5.95 Å². The van der Waals surface area contributed by atoms with E-state index in [1.165, 1.54) is 31.7 Å². The van der Waals surface area contributed by atoms with E-state index in [2.05, 4.69) is 27.1 Å². The molecule has 0 aromatic carbocycles. The SMILES string of the molecule is CC[C@@H]1CC(C2CCN(c3ncc(F)cn3)C[C@H]2OC)CCN1. The highest BCUT2D eigenvalue weighted by atomic mass is 19.1. The molecule has 23 heavy (non-hydrogen) atoms. The molecule has 0 radical (unpaired) electrons. The van der Waals surface area contributed by atoms with Crippen LogP contribution in [-0.2, 0) is 4.74 Å². The van der Waals surface area contributed by atoms with Gasteiger partial charge in [-0.05, 0) is 44.1 Å². The van der Waals surface area contributed by atoms with E-state index in [0.29, 0.717) is 17.9 Å². The van der Waals surface area contributed by atoms with Crippen LogP contribution >= 0.6 is 0 Å². The Morgan fingerprint density at radius 2 is 2.13 bits per heavy atom. The molecule has 1 aromatic rings. The number of hydrogen-bond donors (Lipinski definition) is 1. The van der Waals surface area contributed by atoms with Gasteiger partial charge in [0.2, 0.25) is 5.95 Å². The van der Waals surface area contributed by atoms with Crippen LogP contribution in [0.4, 0.5) is 10.3 Å². The number of nitrogens with zero attached hydrogens (tertiary/aromatic N) is 3. The van der Waals surface area contributed by atoms with Gasteiger partial charge >= 0.3 is 0 Å². The summed E-state index contributed by atoms with van der Waals surface area (Å²) in [6, 6.07) is 0.643. The third-order valence-corrected chi connectivity index (χ3v) is 5.44. The van der Waals surface area contributed by atoms with Gasteiger partial charge in [-0.3, -0.25) is 0 Å². The highest BCUT2D eigenvalue weighted by Gasteiger charge is 2.37. The Kier molecular flexibility index (Phi) is 5.43. The predicted molar refractivity (Wildman–Crippen MR) is 87.9 cm³/mol. The first-order chi connectivity index (χ1) is 11.2. The van der Waals surface area contributed by atoms with Crippen molar-refractivity contribution in [3.8, 4) is 0 Å². The van der Waals surface area contributed by atoms with E-state index in [0.717, 1.165) is 32.0 Å². The number of ether oxygens (including phenoxy) is 1. The molecule has 2 unspecified atom stereocenters. The van der Waals surface area contributed by atoms with Crippen LogP contribution < -0.4 is 10.2 Å². The molecule has 5 nitrogen and oxygen atoms in total. The highest BCUT2D eigenvalue weighted by Crippen LogP contribution is 2.35. The molecule has 3 rings (SSSR count). The molecule has 2 fully saturated rings. The van der Waals surface area contributed by atoms with E-state index in [4.69, 9.17) is 4.74 Å². The Morgan fingerprint density at radius 1 is 1.35 bits per heavy atom. The molecule has 2 saturated heterocycles. The van der Waals surface area contributed by atoms with Crippen molar-refractivity contribution in [2.24, 2.45) is 11.8 Å². The van der Waals surface area contributed by atoms with E-state index in [1.807, 2.05) is 0 Å². The van der Waals surface area contributed by atoms with Gasteiger partial charge in [0, 0.05) is 26.2 Å². The molecule has 0 spiro atoms. The number of nitrogens with one attached hydrogen (secondary N) is 1. The van der Waals surface area contributed by atoms with E-state index >= 15 is 0 Å². The molecule has 1 N–H and O–H groups in total. The number of aromatic nitrogens is 2. The van der Waals surface area contributed by atoms with Crippen molar-refractivity contribution in [2.75, 3.05) is 31.6 Å². The van der Waals surface area contributed by atoms with E-state index in [9.17, 15) is 4.39 Å². The zero-order chi connectivity index (χ0) is 16.2. The van der Waals surface area contributed by atoms with E-state index in [1.54, 1.807) is 7.11 Å². The van der Waals surface area contributed by atoms with Crippen molar-refractivity contribution in [2.45, 2.75) is 44.8 Å². The maximum atomic E-state index is 13.0. The Labute approximate surface area is 137 Å². The van der Waals surface area contributed by atoms with Crippen molar-refractivity contribution < 1.29 is 9.13 Å². The summed E-state index contributed by atoms with van der Waals surface area (Å²) in [6.07, 6.45) is 7.40. The lowest BCUT2D eigenvalue weighted by molar-refractivity contribution is 0.00524. The van der Waals surface area contributed by atoms with Crippen LogP contribution in [0.1, 0.15) is 32.6 Å². The van der Waals surface area contributed by atoms with Crippen molar-refractivity contribution in [3.63, 3.8) is 0 Å². The second-order valence-corrected chi connectivity index (χ2v) is 6.72. The second-order valence-electron chi connectivity index (χ2n) is 6.72. The number of halogens is 1. The average Bonchev–Trinajstić information content (AvgIpc) is 2.62. The molecule has 128 valence electrons. The van der Waals surface area contributed by atoms with Crippen LogP contribution in [0.2, 0.25) is 0 Å². The normalized spacial score (nSPS) is 32.0. The fraction of sp³-hybridized carbons (Fsp3) is 0.765. The van der Waals surface area contributed by atoms with Gasteiger partial charge in [-0.25, -0.2) is 14.4 Å². The Balaban J connectivity index is 1.65. The first kappa shape index (κ1) is 16.6. The minimum absolute atomic E-state index is 0.193. The summed E-state index contributed by atoms with van der Waals surface area (Å²) in [5, 5.41) is 3.60. The van der Waals surface area contributed by atoms with Gasteiger partial charge in [0.1, 0.15) is 0 Å². The molecule has 3 heterocycles. The summed E-state index contributed by atoms with van der Waals surface area (Å²) in [7, 11) is 1.80. The van der Waals surface area contributed by atoms with Gasteiger partial charge in [0.05, 0.1) is 18.5 Å². The molecular formula is C17H27FN4O. The summed E-state index contributed by atoms with van der Waals surface area (Å²) < 4.78 is 18.8. The third kappa shape index (κ3) is 3.80. The van der Waals surface area contributed by atoms with Gasteiger partial charge in [-0.15, -0.1) is 0 Å². The molecule has 4 atom stereocenters. The molecule has 6 heteroatoms. The second kappa shape index (κ2) is 7.53. The predicted octanol–water partition coefficient (Wildman–Crippen LogP) is 2.24. The largest absolute Gasteiger partial charge is 0.379 e. The zero-order valence-electron chi connectivity index (χ0n) is 14.0. The van der Waals surface area contributed by atoms with Crippen LogP contribution in [-0.4, -0.2) is 48.9 Å². The molecule has 2 aliphatic rings. The van der Waals surface area contributed by atoms with Gasteiger partial charge in [-0.1, -0.05) is 6.92 Å². The number of anilines is 1. The van der Waals surface area contributed by atoms with Crippen LogP contribution in [0.5, 0.6) is 0 Å². The molecular weight excluding hydrogens is 295 g/mol. The standard InChI is InChI=1S/C17H27FN4O/c1-3-14-8-12(4-6-19-14)15-5-7-22(11-16(15)23-2)17-20-9-13(18)10-21-17/h9-10,12,14-16,19H,3-8,11H2,1-2H3/t12?,14-,15?,16-/m1/s1. The molecule has 2 aliphatic heterocycles. The summed E-state index contributed by atoms with van der Waals surface area (Å²) in [4.78, 5) is 10.3. The third-order valence-electron chi connectivity index (χ3n) is 5.44. The lowest BCUT2D eigenvalue weighted by Gasteiger charge is -2.43. The molecule has 0 amide bonds. The van der Waals surface area contributed by atoms with Gasteiger partial charge in [0.25, 0.3) is 0 Å². The molecule has 0 aliphatic carbocycles.